The number of rotatable bonds is 0. The summed E-state index contributed by atoms with van der Waals surface area (Å²) in [6.45, 7) is 2.03. The number of fused-ring (bicyclic) bond motifs is 1. The van der Waals surface area contributed by atoms with Crippen LogP contribution in [0.2, 0.25) is 5.02 Å². The molecule has 0 amide bonds. The molecule has 1 nitrogen and oxygen atoms in total. The molecule has 58 valence electrons. The molecule has 0 radical (unpaired) electrons. The van der Waals surface area contributed by atoms with Crippen molar-refractivity contribution < 1.29 is 0 Å². The molecule has 0 unspecified atom stereocenters. The Morgan fingerprint density at radius 1 is 1.36 bits per heavy atom. The molecule has 1 aromatic rings. The molecule has 0 fully saturated rings. The van der Waals surface area contributed by atoms with Crippen molar-refractivity contribution in [1.82, 2.24) is 4.90 Å². The van der Waals surface area contributed by atoms with Gasteiger partial charge in [-0.2, -0.15) is 0 Å². The van der Waals surface area contributed by atoms with Gasteiger partial charge in [-0.15, -0.1) is 0 Å². The van der Waals surface area contributed by atoms with Crippen molar-refractivity contribution >= 4 is 11.6 Å². The van der Waals surface area contributed by atoms with Gasteiger partial charge in [-0.25, -0.2) is 0 Å². The van der Waals surface area contributed by atoms with E-state index < -0.39 is 0 Å². The highest BCUT2D eigenvalue weighted by Gasteiger charge is 2.16. The standard InChI is InChI=1S/C9H10ClN/c1-11-5-7-3-2-4-9(10)8(7)6-11/h2-4H,5-6H2,1H3. The molecule has 1 aliphatic rings. The van der Waals surface area contributed by atoms with Crippen LogP contribution in [0, 0.1) is 0 Å². The van der Waals surface area contributed by atoms with Crippen molar-refractivity contribution in [3.05, 3.63) is 34.3 Å². The highest BCUT2D eigenvalue weighted by atomic mass is 35.5. The lowest BCUT2D eigenvalue weighted by Gasteiger charge is -2.03. The lowest BCUT2D eigenvalue weighted by molar-refractivity contribution is 0.353. The van der Waals surface area contributed by atoms with Gasteiger partial charge < -0.3 is 0 Å². The van der Waals surface area contributed by atoms with Gasteiger partial charge in [0.15, 0.2) is 0 Å². The molecule has 0 saturated carbocycles. The largest absolute Gasteiger partial charge is 0.298 e. The third-order valence-corrected chi connectivity index (χ3v) is 2.44. The SMILES string of the molecule is CN1Cc2cccc(Cl)c2C1. The highest BCUT2D eigenvalue weighted by molar-refractivity contribution is 6.31. The Morgan fingerprint density at radius 3 is 2.91 bits per heavy atom. The maximum Gasteiger partial charge on any atom is 0.0454 e. The summed E-state index contributed by atoms with van der Waals surface area (Å²) in [5.41, 5.74) is 2.68. The van der Waals surface area contributed by atoms with Crippen LogP contribution >= 0.6 is 11.6 Å². The smallest absolute Gasteiger partial charge is 0.0454 e. The van der Waals surface area contributed by atoms with Crippen LogP contribution in [0.25, 0.3) is 0 Å². The lowest BCUT2D eigenvalue weighted by atomic mass is 10.1. The maximum atomic E-state index is 6.01. The molecular weight excluding hydrogens is 158 g/mol. The second-order valence-electron chi connectivity index (χ2n) is 3.05. The maximum absolute atomic E-state index is 6.01. The fourth-order valence-corrected chi connectivity index (χ4v) is 1.80. The molecule has 0 bridgehead atoms. The van der Waals surface area contributed by atoms with Gasteiger partial charge in [-0.05, 0) is 24.2 Å². The van der Waals surface area contributed by atoms with Crippen LogP contribution in [0.5, 0.6) is 0 Å². The van der Waals surface area contributed by atoms with E-state index in [1.807, 2.05) is 12.1 Å². The molecule has 0 aromatic heterocycles. The van der Waals surface area contributed by atoms with Gasteiger partial charge in [-0.1, -0.05) is 23.7 Å². The van der Waals surface area contributed by atoms with Crippen LogP contribution in [0.15, 0.2) is 18.2 Å². The first kappa shape index (κ1) is 7.14. The second kappa shape index (κ2) is 2.50. The molecule has 1 heterocycles. The van der Waals surface area contributed by atoms with Gasteiger partial charge in [0.1, 0.15) is 0 Å². The van der Waals surface area contributed by atoms with Crippen LogP contribution in [0.1, 0.15) is 11.1 Å². The Hall–Kier alpha value is -0.530. The van der Waals surface area contributed by atoms with Gasteiger partial charge in [0.25, 0.3) is 0 Å². The Morgan fingerprint density at radius 2 is 2.18 bits per heavy atom. The molecule has 2 rings (SSSR count). The van der Waals surface area contributed by atoms with Crippen LogP contribution in [-0.4, -0.2) is 11.9 Å². The molecule has 0 saturated heterocycles. The van der Waals surface area contributed by atoms with Crippen molar-refractivity contribution in [3.63, 3.8) is 0 Å². The number of halogens is 1. The Balaban J connectivity index is 2.49. The average molecular weight is 168 g/mol. The molecular formula is C9H10ClN. The quantitative estimate of drug-likeness (QED) is 0.573. The molecule has 2 heteroatoms. The predicted octanol–water partition coefficient (Wildman–Crippen LogP) is 2.29. The zero-order chi connectivity index (χ0) is 7.84. The Labute approximate surface area is 71.6 Å². The summed E-state index contributed by atoms with van der Waals surface area (Å²) < 4.78 is 0. The van der Waals surface area contributed by atoms with Crippen molar-refractivity contribution in [3.8, 4) is 0 Å². The van der Waals surface area contributed by atoms with Crippen molar-refractivity contribution in [2.24, 2.45) is 0 Å². The third-order valence-electron chi connectivity index (χ3n) is 2.08. The zero-order valence-electron chi connectivity index (χ0n) is 6.47. The van der Waals surface area contributed by atoms with Gasteiger partial charge in [0, 0.05) is 18.1 Å². The summed E-state index contributed by atoms with van der Waals surface area (Å²) in [7, 11) is 2.11. The van der Waals surface area contributed by atoms with E-state index in [0.717, 1.165) is 18.1 Å². The molecule has 0 N–H and O–H groups in total. The molecule has 1 aromatic carbocycles. The van der Waals surface area contributed by atoms with Gasteiger partial charge in [0.05, 0.1) is 0 Å². The van der Waals surface area contributed by atoms with Gasteiger partial charge in [-0.3, -0.25) is 4.90 Å². The van der Waals surface area contributed by atoms with E-state index in [4.69, 9.17) is 11.6 Å². The van der Waals surface area contributed by atoms with Crippen LogP contribution < -0.4 is 0 Å². The zero-order valence-corrected chi connectivity index (χ0v) is 7.23. The van der Waals surface area contributed by atoms with Crippen molar-refractivity contribution in [2.75, 3.05) is 7.05 Å². The molecule has 0 spiro atoms. The lowest BCUT2D eigenvalue weighted by Crippen LogP contribution is -2.07. The number of hydrogen-bond donors (Lipinski definition) is 0. The topological polar surface area (TPSA) is 3.24 Å². The minimum Gasteiger partial charge on any atom is -0.298 e. The van der Waals surface area contributed by atoms with E-state index in [1.165, 1.54) is 11.1 Å². The third kappa shape index (κ3) is 1.15. The van der Waals surface area contributed by atoms with E-state index in [9.17, 15) is 0 Å². The summed E-state index contributed by atoms with van der Waals surface area (Å²) in [6.07, 6.45) is 0. The summed E-state index contributed by atoms with van der Waals surface area (Å²) in [4.78, 5) is 2.26. The minimum atomic E-state index is 0.909. The van der Waals surface area contributed by atoms with E-state index >= 15 is 0 Å². The number of hydrogen-bond acceptors (Lipinski definition) is 1. The summed E-state index contributed by atoms with van der Waals surface area (Å²) in [5.74, 6) is 0. The first-order valence-electron chi connectivity index (χ1n) is 3.72. The first-order valence-corrected chi connectivity index (χ1v) is 4.10. The average Bonchev–Trinajstić information content (AvgIpc) is 2.31. The Bertz CT molecular complexity index is 283. The van der Waals surface area contributed by atoms with Gasteiger partial charge in [0.2, 0.25) is 0 Å². The predicted molar refractivity (Wildman–Crippen MR) is 46.6 cm³/mol. The second-order valence-corrected chi connectivity index (χ2v) is 3.46. The minimum absolute atomic E-state index is 0.909. The summed E-state index contributed by atoms with van der Waals surface area (Å²) >= 11 is 6.01. The van der Waals surface area contributed by atoms with Crippen molar-refractivity contribution in [2.45, 2.75) is 13.1 Å². The van der Waals surface area contributed by atoms with E-state index in [2.05, 4.69) is 18.0 Å². The summed E-state index contributed by atoms with van der Waals surface area (Å²) in [5, 5.41) is 0.909. The molecule has 1 aliphatic heterocycles. The fourth-order valence-electron chi connectivity index (χ4n) is 1.55. The van der Waals surface area contributed by atoms with Crippen molar-refractivity contribution in [1.29, 1.82) is 0 Å². The number of nitrogens with zero attached hydrogens (tertiary/aromatic N) is 1. The van der Waals surface area contributed by atoms with E-state index in [0.29, 0.717) is 0 Å². The van der Waals surface area contributed by atoms with E-state index in [-0.39, 0.29) is 0 Å². The molecule has 0 aliphatic carbocycles. The highest BCUT2D eigenvalue weighted by Crippen LogP contribution is 2.27. The normalized spacial score (nSPS) is 16.9. The van der Waals surface area contributed by atoms with E-state index in [1.54, 1.807) is 0 Å². The molecule has 0 atom stereocenters. The monoisotopic (exact) mass is 167 g/mol. The summed E-state index contributed by atoms with van der Waals surface area (Å²) in [6, 6.07) is 6.12. The fraction of sp³-hybridized carbons (Fsp3) is 0.333. The Kier molecular flexibility index (Phi) is 1.63. The van der Waals surface area contributed by atoms with Crippen LogP contribution in [0.4, 0.5) is 0 Å². The molecule has 11 heavy (non-hydrogen) atoms. The number of benzene rings is 1. The van der Waals surface area contributed by atoms with Crippen LogP contribution in [0.3, 0.4) is 0 Å². The van der Waals surface area contributed by atoms with Gasteiger partial charge >= 0.3 is 0 Å². The first-order chi connectivity index (χ1) is 5.27. The van der Waals surface area contributed by atoms with Crippen LogP contribution in [-0.2, 0) is 13.1 Å².